The van der Waals surface area contributed by atoms with E-state index < -0.39 is 15.9 Å². The third-order valence-corrected chi connectivity index (χ3v) is 5.02. The van der Waals surface area contributed by atoms with E-state index in [0.717, 1.165) is 0 Å². The van der Waals surface area contributed by atoms with Crippen LogP contribution in [0.15, 0.2) is 57.1 Å². The van der Waals surface area contributed by atoms with Gasteiger partial charge in [0, 0.05) is 18.5 Å². The predicted molar refractivity (Wildman–Crippen MR) is 92.6 cm³/mol. The van der Waals surface area contributed by atoms with E-state index in [1.54, 1.807) is 12.1 Å². The summed E-state index contributed by atoms with van der Waals surface area (Å²) < 4.78 is 32.0. The van der Waals surface area contributed by atoms with Gasteiger partial charge in [-0.2, -0.15) is 5.10 Å². The van der Waals surface area contributed by atoms with Gasteiger partial charge in [-0.05, 0) is 36.4 Å². The van der Waals surface area contributed by atoms with Crippen molar-refractivity contribution >= 4 is 33.2 Å². The lowest BCUT2D eigenvalue weighted by atomic mass is 10.1. The Morgan fingerprint density at radius 2 is 1.96 bits per heavy atom. The van der Waals surface area contributed by atoms with Gasteiger partial charge in [-0.3, -0.25) is 9.59 Å². The number of benzene rings is 1. The second-order valence-corrected chi connectivity index (χ2v) is 7.24. The highest BCUT2D eigenvalue weighted by atomic mass is 32.2. The zero-order chi connectivity index (χ0) is 18.6. The fraction of sp³-hybridized carbons (Fsp3) is 0.188. The molecular weight excluding hydrogens is 360 g/mol. The van der Waals surface area contributed by atoms with E-state index in [0.29, 0.717) is 11.4 Å². The molecule has 26 heavy (non-hydrogen) atoms. The van der Waals surface area contributed by atoms with Gasteiger partial charge in [-0.25, -0.2) is 18.6 Å². The Bertz CT molecular complexity index is 934. The van der Waals surface area contributed by atoms with E-state index in [1.807, 2.05) is 0 Å². The molecule has 2 heterocycles. The summed E-state index contributed by atoms with van der Waals surface area (Å²) in [4.78, 5) is 23.1. The zero-order valence-corrected chi connectivity index (χ0v) is 14.4. The molecule has 9 nitrogen and oxygen atoms in total. The first-order valence-electron chi connectivity index (χ1n) is 7.73. The second kappa shape index (κ2) is 7.50. The molecule has 3 N–H and O–H groups in total. The monoisotopic (exact) mass is 376 g/mol. The van der Waals surface area contributed by atoms with Gasteiger partial charge in [0.1, 0.15) is 11.5 Å². The molecule has 136 valence electrons. The summed E-state index contributed by atoms with van der Waals surface area (Å²) in [5.74, 6) is -0.187. The van der Waals surface area contributed by atoms with Crippen LogP contribution >= 0.6 is 0 Å². The minimum Gasteiger partial charge on any atom is -0.468 e. The van der Waals surface area contributed by atoms with Crippen molar-refractivity contribution < 1.29 is 22.4 Å². The Balaban J connectivity index is 1.62. The number of hydrogen-bond donors (Lipinski definition) is 3. The van der Waals surface area contributed by atoms with Crippen LogP contribution < -0.4 is 15.5 Å². The van der Waals surface area contributed by atoms with Crippen LogP contribution in [-0.2, 0) is 26.2 Å². The molecule has 1 aliphatic heterocycles. The third-order valence-electron chi connectivity index (χ3n) is 3.61. The number of rotatable bonds is 6. The molecule has 3 rings (SSSR count). The highest BCUT2D eigenvalue weighted by molar-refractivity contribution is 7.89. The van der Waals surface area contributed by atoms with Crippen LogP contribution in [0.1, 0.15) is 18.6 Å². The first kappa shape index (κ1) is 17.8. The summed E-state index contributed by atoms with van der Waals surface area (Å²) in [6.07, 6.45) is 1.91. The van der Waals surface area contributed by atoms with E-state index in [-0.39, 0.29) is 35.9 Å². The topological polar surface area (TPSA) is 130 Å². The van der Waals surface area contributed by atoms with E-state index in [1.165, 1.54) is 30.5 Å². The molecule has 2 amide bonds. The van der Waals surface area contributed by atoms with Crippen molar-refractivity contribution in [2.75, 3.05) is 5.32 Å². The SMILES string of the molecule is O=C1CCC(C(=O)Nc2ccc(S(=O)(=O)NCc3ccco3)cc2)=NN1. The highest BCUT2D eigenvalue weighted by Gasteiger charge is 2.19. The number of hydrazone groups is 1. The fourth-order valence-electron chi connectivity index (χ4n) is 2.22. The molecule has 1 aromatic heterocycles. The number of anilines is 1. The van der Waals surface area contributed by atoms with E-state index in [9.17, 15) is 18.0 Å². The lowest BCUT2D eigenvalue weighted by Crippen LogP contribution is -2.32. The van der Waals surface area contributed by atoms with Crippen molar-refractivity contribution in [3.05, 3.63) is 48.4 Å². The first-order chi connectivity index (χ1) is 12.4. The highest BCUT2D eigenvalue weighted by Crippen LogP contribution is 2.15. The van der Waals surface area contributed by atoms with Crippen LogP contribution in [0.3, 0.4) is 0 Å². The summed E-state index contributed by atoms with van der Waals surface area (Å²) in [5.41, 5.74) is 2.87. The van der Waals surface area contributed by atoms with Crippen LogP contribution in [-0.4, -0.2) is 25.9 Å². The van der Waals surface area contributed by atoms with Crippen molar-refractivity contribution in [1.29, 1.82) is 0 Å². The molecule has 2 aromatic rings. The largest absolute Gasteiger partial charge is 0.468 e. The van der Waals surface area contributed by atoms with Crippen molar-refractivity contribution in [2.24, 2.45) is 5.10 Å². The van der Waals surface area contributed by atoms with Gasteiger partial charge < -0.3 is 9.73 Å². The maximum atomic E-state index is 12.2. The number of carbonyl (C=O) groups excluding carboxylic acids is 2. The van der Waals surface area contributed by atoms with Gasteiger partial charge in [0.05, 0.1) is 17.7 Å². The number of sulfonamides is 1. The van der Waals surface area contributed by atoms with Crippen LogP contribution in [0.5, 0.6) is 0 Å². The first-order valence-corrected chi connectivity index (χ1v) is 9.21. The molecule has 1 aromatic carbocycles. The van der Waals surface area contributed by atoms with Gasteiger partial charge in [0.15, 0.2) is 0 Å². The smallest absolute Gasteiger partial charge is 0.271 e. The van der Waals surface area contributed by atoms with Crippen molar-refractivity contribution in [3.63, 3.8) is 0 Å². The number of nitrogens with one attached hydrogen (secondary N) is 3. The Kier molecular flexibility index (Phi) is 5.14. The third kappa shape index (κ3) is 4.35. The van der Waals surface area contributed by atoms with Crippen molar-refractivity contribution in [1.82, 2.24) is 10.1 Å². The minimum absolute atomic E-state index is 0.0410. The number of furan rings is 1. The maximum Gasteiger partial charge on any atom is 0.271 e. The Morgan fingerprint density at radius 3 is 2.58 bits per heavy atom. The molecule has 0 saturated heterocycles. The molecule has 0 bridgehead atoms. The molecule has 0 aliphatic carbocycles. The number of carbonyl (C=O) groups is 2. The average Bonchev–Trinajstić information content (AvgIpc) is 3.15. The molecule has 1 aliphatic rings. The summed E-state index contributed by atoms with van der Waals surface area (Å²) in [6.45, 7) is 0.0410. The van der Waals surface area contributed by atoms with Gasteiger partial charge in [-0.1, -0.05) is 0 Å². The molecule has 10 heteroatoms. The Labute approximate surface area is 149 Å². The fourth-order valence-corrected chi connectivity index (χ4v) is 3.21. The molecular formula is C16H16N4O5S. The molecule has 0 spiro atoms. The van der Waals surface area contributed by atoms with Crippen molar-refractivity contribution in [3.8, 4) is 0 Å². The standard InChI is InChI=1S/C16H16N4O5S/c21-15-8-7-14(19-20-15)16(22)18-11-3-5-13(6-4-11)26(23,24)17-10-12-2-1-9-25-12/h1-6,9,17H,7-8,10H2,(H,18,22)(H,20,21). The number of hydrogen-bond acceptors (Lipinski definition) is 6. The van der Waals surface area contributed by atoms with Gasteiger partial charge in [0.25, 0.3) is 5.91 Å². The lowest BCUT2D eigenvalue weighted by Gasteiger charge is -2.12. The Hall–Kier alpha value is -2.98. The van der Waals surface area contributed by atoms with E-state index in [4.69, 9.17) is 4.42 Å². The maximum absolute atomic E-state index is 12.2. The van der Waals surface area contributed by atoms with Crippen LogP contribution in [0.2, 0.25) is 0 Å². The van der Waals surface area contributed by atoms with Gasteiger partial charge in [-0.15, -0.1) is 0 Å². The Morgan fingerprint density at radius 1 is 1.19 bits per heavy atom. The molecule has 0 saturated carbocycles. The number of nitrogens with zero attached hydrogens (tertiary/aromatic N) is 1. The van der Waals surface area contributed by atoms with Gasteiger partial charge in [0.2, 0.25) is 15.9 Å². The zero-order valence-electron chi connectivity index (χ0n) is 13.6. The van der Waals surface area contributed by atoms with E-state index >= 15 is 0 Å². The summed E-state index contributed by atoms with van der Waals surface area (Å²) in [6, 6.07) is 9.04. The second-order valence-electron chi connectivity index (χ2n) is 5.48. The van der Waals surface area contributed by atoms with Crippen LogP contribution in [0, 0.1) is 0 Å². The summed E-state index contributed by atoms with van der Waals surface area (Å²) in [5, 5.41) is 6.31. The van der Waals surface area contributed by atoms with Gasteiger partial charge >= 0.3 is 0 Å². The average molecular weight is 376 g/mol. The molecule has 0 fully saturated rings. The van der Waals surface area contributed by atoms with Crippen molar-refractivity contribution in [2.45, 2.75) is 24.3 Å². The molecule has 0 atom stereocenters. The molecule has 0 unspecified atom stereocenters. The summed E-state index contributed by atoms with van der Waals surface area (Å²) >= 11 is 0. The molecule has 0 radical (unpaired) electrons. The lowest BCUT2D eigenvalue weighted by molar-refractivity contribution is -0.121. The van der Waals surface area contributed by atoms with Crippen LogP contribution in [0.25, 0.3) is 0 Å². The van der Waals surface area contributed by atoms with E-state index in [2.05, 4.69) is 20.6 Å². The summed E-state index contributed by atoms with van der Waals surface area (Å²) in [7, 11) is -3.70. The minimum atomic E-state index is -3.70. The van der Waals surface area contributed by atoms with Crippen LogP contribution in [0.4, 0.5) is 5.69 Å². The number of amides is 2. The quantitative estimate of drug-likeness (QED) is 0.691. The predicted octanol–water partition coefficient (Wildman–Crippen LogP) is 0.963. The normalized spacial score (nSPS) is 14.5.